The molecule has 0 spiro atoms. The first-order valence-corrected chi connectivity index (χ1v) is 6.44. The molecule has 1 aromatic rings. The number of hydrogen-bond donors (Lipinski definition) is 0. The lowest BCUT2D eigenvalue weighted by Gasteiger charge is -2.02. The molecule has 0 fully saturated rings. The zero-order valence-electron chi connectivity index (χ0n) is 8.60. The molecule has 0 heterocycles. The average molecular weight is 223 g/mol. The first-order chi connectivity index (χ1) is 7.10. The topological polar surface area (TPSA) is 57.9 Å². The summed E-state index contributed by atoms with van der Waals surface area (Å²) in [5, 5.41) is 8.37. The van der Waals surface area contributed by atoms with Crippen LogP contribution in [0.4, 0.5) is 0 Å². The van der Waals surface area contributed by atoms with E-state index >= 15 is 0 Å². The Balaban J connectivity index is 2.95. The SMILES string of the molecule is CCCc1ccc(S(=O)(=O)CC#N)cc1. The summed E-state index contributed by atoms with van der Waals surface area (Å²) in [5.41, 5.74) is 1.12. The van der Waals surface area contributed by atoms with Crippen LogP contribution in [0.5, 0.6) is 0 Å². The van der Waals surface area contributed by atoms with Gasteiger partial charge in [-0.05, 0) is 24.1 Å². The lowest BCUT2D eigenvalue weighted by Crippen LogP contribution is -2.04. The van der Waals surface area contributed by atoms with Crippen molar-refractivity contribution in [1.82, 2.24) is 0 Å². The van der Waals surface area contributed by atoms with E-state index in [1.807, 2.05) is 0 Å². The molecule has 0 aliphatic carbocycles. The highest BCUT2D eigenvalue weighted by Gasteiger charge is 2.12. The van der Waals surface area contributed by atoms with Crippen molar-refractivity contribution in [2.45, 2.75) is 24.7 Å². The van der Waals surface area contributed by atoms with Gasteiger partial charge >= 0.3 is 0 Å². The highest BCUT2D eigenvalue weighted by atomic mass is 32.2. The Morgan fingerprint density at radius 2 is 1.87 bits per heavy atom. The van der Waals surface area contributed by atoms with E-state index in [0.717, 1.165) is 18.4 Å². The van der Waals surface area contributed by atoms with E-state index in [2.05, 4.69) is 6.92 Å². The van der Waals surface area contributed by atoms with E-state index in [0.29, 0.717) is 0 Å². The van der Waals surface area contributed by atoms with Gasteiger partial charge in [0.05, 0.1) is 11.0 Å². The van der Waals surface area contributed by atoms with Gasteiger partial charge in [-0.2, -0.15) is 5.26 Å². The lowest BCUT2D eigenvalue weighted by molar-refractivity contribution is 0.599. The van der Waals surface area contributed by atoms with Gasteiger partial charge in [-0.15, -0.1) is 0 Å². The molecule has 0 atom stereocenters. The Morgan fingerprint density at radius 3 is 2.33 bits per heavy atom. The largest absolute Gasteiger partial charge is 0.223 e. The van der Waals surface area contributed by atoms with E-state index in [4.69, 9.17) is 5.26 Å². The van der Waals surface area contributed by atoms with Crippen LogP contribution in [0.15, 0.2) is 29.2 Å². The molecule has 0 saturated carbocycles. The minimum atomic E-state index is -3.40. The van der Waals surface area contributed by atoms with Gasteiger partial charge in [-0.3, -0.25) is 0 Å². The van der Waals surface area contributed by atoms with Crippen LogP contribution in [0.1, 0.15) is 18.9 Å². The summed E-state index contributed by atoms with van der Waals surface area (Å²) in [6, 6.07) is 8.39. The average Bonchev–Trinajstić information content (AvgIpc) is 2.19. The standard InChI is InChI=1S/C11H13NO2S/c1-2-3-10-4-6-11(7-5-10)15(13,14)9-8-12/h4-7H,2-3,9H2,1H3. The summed E-state index contributed by atoms with van der Waals surface area (Å²) in [6.45, 7) is 2.07. The number of sulfone groups is 1. The van der Waals surface area contributed by atoms with Gasteiger partial charge in [0.2, 0.25) is 0 Å². The van der Waals surface area contributed by atoms with Gasteiger partial charge in [0.15, 0.2) is 9.84 Å². The highest BCUT2D eigenvalue weighted by Crippen LogP contribution is 2.13. The quantitative estimate of drug-likeness (QED) is 0.783. The fraction of sp³-hybridized carbons (Fsp3) is 0.364. The van der Waals surface area contributed by atoms with Gasteiger partial charge in [0, 0.05) is 0 Å². The van der Waals surface area contributed by atoms with Crippen LogP contribution in [0.25, 0.3) is 0 Å². The molecule has 0 aliphatic rings. The van der Waals surface area contributed by atoms with Crippen LogP contribution in [0, 0.1) is 11.3 Å². The Labute approximate surface area is 90.3 Å². The van der Waals surface area contributed by atoms with Crippen molar-refractivity contribution < 1.29 is 8.42 Å². The maximum atomic E-state index is 11.5. The molecule has 1 rings (SSSR count). The van der Waals surface area contributed by atoms with Crippen LogP contribution in [0.3, 0.4) is 0 Å². The second kappa shape index (κ2) is 4.94. The maximum Gasteiger partial charge on any atom is 0.191 e. The Bertz CT molecular complexity index is 454. The van der Waals surface area contributed by atoms with Crippen molar-refractivity contribution in [3.8, 4) is 6.07 Å². The van der Waals surface area contributed by atoms with Crippen molar-refractivity contribution in [3.63, 3.8) is 0 Å². The summed E-state index contributed by atoms with van der Waals surface area (Å²) < 4.78 is 23.0. The van der Waals surface area contributed by atoms with E-state index in [1.165, 1.54) is 0 Å². The number of nitrogens with zero attached hydrogens (tertiary/aromatic N) is 1. The minimum absolute atomic E-state index is 0.226. The molecule has 0 bridgehead atoms. The van der Waals surface area contributed by atoms with Crippen LogP contribution in [-0.2, 0) is 16.3 Å². The fourth-order valence-electron chi connectivity index (χ4n) is 1.32. The number of rotatable bonds is 4. The third kappa shape index (κ3) is 3.07. The lowest BCUT2D eigenvalue weighted by atomic mass is 10.1. The predicted octanol–water partition coefficient (Wildman–Crippen LogP) is 1.94. The van der Waals surface area contributed by atoms with Gasteiger partial charge in [0.25, 0.3) is 0 Å². The smallest absolute Gasteiger partial charge is 0.191 e. The van der Waals surface area contributed by atoms with Crippen molar-refractivity contribution in [1.29, 1.82) is 5.26 Å². The molecular formula is C11H13NO2S. The van der Waals surface area contributed by atoms with Crippen molar-refractivity contribution in [2.75, 3.05) is 5.75 Å². The van der Waals surface area contributed by atoms with Gasteiger partial charge < -0.3 is 0 Å². The molecule has 0 radical (unpaired) electrons. The van der Waals surface area contributed by atoms with E-state index < -0.39 is 15.6 Å². The van der Waals surface area contributed by atoms with E-state index in [-0.39, 0.29) is 4.90 Å². The summed E-state index contributed by atoms with van der Waals surface area (Å²) in [4.78, 5) is 0.226. The third-order valence-electron chi connectivity index (χ3n) is 2.08. The molecule has 0 unspecified atom stereocenters. The Morgan fingerprint density at radius 1 is 1.27 bits per heavy atom. The number of benzene rings is 1. The molecule has 1 aromatic carbocycles. The second-order valence-corrected chi connectivity index (χ2v) is 5.30. The predicted molar refractivity (Wildman–Crippen MR) is 58.1 cm³/mol. The number of hydrogen-bond acceptors (Lipinski definition) is 3. The number of nitriles is 1. The summed E-state index contributed by atoms with van der Waals surface area (Å²) in [7, 11) is -3.40. The number of aryl methyl sites for hydroxylation is 1. The zero-order chi connectivity index (χ0) is 11.3. The molecule has 3 nitrogen and oxygen atoms in total. The molecule has 80 valence electrons. The van der Waals surface area contributed by atoms with E-state index in [9.17, 15) is 8.42 Å². The molecule has 4 heteroatoms. The van der Waals surface area contributed by atoms with Crippen molar-refractivity contribution in [3.05, 3.63) is 29.8 Å². The van der Waals surface area contributed by atoms with Crippen LogP contribution >= 0.6 is 0 Å². The molecule has 0 amide bonds. The summed E-state index contributed by atoms with van der Waals surface area (Å²) >= 11 is 0. The third-order valence-corrected chi connectivity index (χ3v) is 3.58. The first kappa shape index (κ1) is 11.7. The minimum Gasteiger partial charge on any atom is -0.223 e. The van der Waals surface area contributed by atoms with Gasteiger partial charge in [-0.1, -0.05) is 25.5 Å². The monoisotopic (exact) mass is 223 g/mol. The van der Waals surface area contributed by atoms with E-state index in [1.54, 1.807) is 30.3 Å². The summed E-state index contributed by atoms with van der Waals surface area (Å²) in [6.07, 6.45) is 1.98. The van der Waals surface area contributed by atoms with Crippen molar-refractivity contribution >= 4 is 9.84 Å². The fourth-order valence-corrected chi connectivity index (χ4v) is 2.21. The van der Waals surface area contributed by atoms with Gasteiger partial charge in [-0.25, -0.2) is 8.42 Å². The Kier molecular flexibility index (Phi) is 3.87. The first-order valence-electron chi connectivity index (χ1n) is 4.79. The van der Waals surface area contributed by atoms with Crippen LogP contribution in [-0.4, -0.2) is 14.2 Å². The van der Waals surface area contributed by atoms with Crippen LogP contribution < -0.4 is 0 Å². The zero-order valence-corrected chi connectivity index (χ0v) is 9.42. The van der Waals surface area contributed by atoms with Crippen LogP contribution in [0.2, 0.25) is 0 Å². The summed E-state index contributed by atoms with van der Waals surface area (Å²) in [5.74, 6) is -0.458. The molecular weight excluding hydrogens is 210 g/mol. The van der Waals surface area contributed by atoms with Gasteiger partial charge in [0.1, 0.15) is 5.75 Å². The second-order valence-electron chi connectivity index (χ2n) is 3.31. The highest BCUT2D eigenvalue weighted by molar-refractivity contribution is 7.91. The Hall–Kier alpha value is -1.34. The normalized spacial score (nSPS) is 10.9. The molecule has 0 aromatic heterocycles. The van der Waals surface area contributed by atoms with Crippen molar-refractivity contribution in [2.24, 2.45) is 0 Å². The molecule has 0 N–H and O–H groups in total. The molecule has 0 saturated heterocycles. The molecule has 0 aliphatic heterocycles. The maximum absolute atomic E-state index is 11.5. The molecule has 15 heavy (non-hydrogen) atoms.